The van der Waals surface area contributed by atoms with Crippen molar-refractivity contribution >= 4 is 28.6 Å². The SMILES string of the molecule is O=C(COC(=O)C1CCCN1C(=O)O)c1ccc2c(O)cccc2c1. The van der Waals surface area contributed by atoms with Gasteiger partial charge >= 0.3 is 12.1 Å². The summed E-state index contributed by atoms with van der Waals surface area (Å²) >= 11 is 0. The summed E-state index contributed by atoms with van der Waals surface area (Å²) in [5.41, 5.74) is 0.354. The number of esters is 1. The van der Waals surface area contributed by atoms with E-state index in [0.29, 0.717) is 29.2 Å². The smallest absolute Gasteiger partial charge is 0.408 e. The van der Waals surface area contributed by atoms with Crippen molar-refractivity contribution in [3.8, 4) is 5.75 Å². The van der Waals surface area contributed by atoms with Gasteiger partial charge in [0.25, 0.3) is 0 Å². The van der Waals surface area contributed by atoms with E-state index in [1.165, 1.54) is 0 Å². The van der Waals surface area contributed by atoms with E-state index >= 15 is 0 Å². The van der Waals surface area contributed by atoms with Crippen molar-refractivity contribution in [3.63, 3.8) is 0 Å². The number of hydrogen-bond acceptors (Lipinski definition) is 5. The van der Waals surface area contributed by atoms with Gasteiger partial charge in [-0.3, -0.25) is 9.69 Å². The van der Waals surface area contributed by atoms with Crippen LogP contribution in [0.5, 0.6) is 5.75 Å². The van der Waals surface area contributed by atoms with Gasteiger partial charge in [0.2, 0.25) is 0 Å². The fourth-order valence-corrected chi connectivity index (χ4v) is 3.00. The monoisotopic (exact) mass is 343 g/mol. The molecule has 130 valence electrons. The summed E-state index contributed by atoms with van der Waals surface area (Å²) in [5, 5.41) is 20.1. The van der Waals surface area contributed by atoms with Crippen LogP contribution in [0.1, 0.15) is 23.2 Å². The third kappa shape index (κ3) is 3.40. The number of hydrogen-bond donors (Lipinski definition) is 2. The third-order valence-electron chi connectivity index (χ3n) is 4.30. The molecule has 2 N–H and O–H groups in total. The second-order valence-electron chi connectivity index (χ2n) is 5.88. The molecule has 7 heteroatoms. The minimum absolute atomic E-state index is 0.123. The second kappa shape index (κ2) is 6.80. The average Bonchev–Trinajstić information content (AvgIpc) is 3.09. The standard InChI is InChI=1S/C18H17NO6/c20-15-5-1-3-11-9-12(6-7-13(11)15)16(21)10-25-17(22)14-4-2-8-19(14)18(23)24/h1,3,5-7,9,14,20H,2,4,8,10H2,(H,23,24). The number of aromatic hydroxyl groups is 1. The van der Waals surface area contributed by atoms with Crippen LogP contribution in [0.3, 0.4) is 0 Å². The fourth-order valence-electron chi connectivity index (χ4n) is 3.00. The first-order valence-electron chi connectivity index (χ1n) is 7.88. The van der Waals surface area contributed by atoms with Crippen molar-refractivity contribution in [2.24, 2.45) is 0 Å². The maximum Gasteiger partial charge on any atom is 0.408 e. The maximum atomic E-state index is 12.2. The van der Waals surface area contributed by atoms with Gasteiger partial charge in [0.1, 0.15) is 11.8 Å². The van der Waals surface area contributed by atoms with Crippen LogP contribution in [0, 0.1) is 0 Å². The van der Waals surface area contributed by atoms with Crippen molar-refractivity contribution < 1.29 is 29.3 Å². The zero-order valence-electron chi connectivity index (χ0n) is 13.3. The Morgan fingerprint density at radius 1 is 1.20 bits per heavy atom. The lowest BCUT2D eigenvalue weighted by atomic mass is 10.0. The Morgan fingerprint density at radius 2 is 2.00 bits per heavy atom. The van der Waals surface area contributed by atoms with Gasteiger partial charge in [-0.25, -0.2) is 9.59 Å². The van der Waals surface area contributed by atoms with Crippen LogP contribution in [0.4, 0.5) is 4.79 Å². The Morgan fingerprint density at radius 3 is 2.76 bits per heavy atom. The molecular weight excluding hydrogens is 326 g/mol. The minimum atomic E-state index is -1.17. The molecule has 1 saturated heterocycles. The summed E-state index contributed by atoms with van der Waals surface area (Å²) in [7, 11) is 0. The lowest BCUT2D eigenvalue weighted by molar-refractivity contribution is -0.147. The summed E-state index contributed by atoms with van der Waals surface area (Å²) < 4.78 is 5.02. The first kappa shape index (κ1) is 16.8. The highest BCUT2D eigenvalue weighted by molar-refractivity contribution is 6.02. The highest BCUT2D eigenvalue weighted by atomic mass is 16.5. The van der Waals surface area contributed by atoms with Crippen molar-refractivity contribution in [2.75, 3.05) is 13.2 Å². The number of carbonyl (C=O) groups excluding carboxylic acids is 2. The van der Waals surface area contributed by atoms with Gasteiger partial charge in [0.05, 0.1) is 0 Å². The lowest BCUT2D eigenvalue weighted by Crippen LogP contribution is -2.41. The molecule has 1 heterocycles. The van der Waals surface area contributed by atoms with Crippen LogP contribution in [0.25, 0.3) is 10.8 Å². The largest absolute Gasteiger partial charge is 0.507 e. The molecule has 1 unspecified atom stereocenters. The fraction of sp³-hybridized carbons (Fsp3) is 0.278. The van der Waals surface area contributed by atoms with Gasteiger partial charge < -0.3 is 14.9 Å². The number of carboxylic acid groups (broad SMARTS) is 1. The molecule has 0 bridgehead atoms. The van der Waals surface area contributed by atoms with E-state index < -0.39 is 30.5 Å². The van der Waals surface area contributed by atoms with E-state index in [2.05, 4.69) is 0 Å². The van der Waals surface area contributed by atoms with E-state index in [-0.39, 0.29) is 12.3 Å². The number of likely N-dealkylation sites (tertiary alicyclic amines) is 1. The normalized spacial score (nSPS) is 16.8. The Kier molecular flexibility index (Phi) is 4.56. The first-order chi connectivity index (χ1) is 12.0. The predicted octanol–water partition coefficient (Wildman–Crippen LogP) is 2.41. The molecule has 0 aliphatic carbocycles. The average molecular weight is 343 g/mol. The highest BCUT2D eigenvalue weighted by Crippen LogP contribution is 2.25. The van der Waals surface area contributed by atoms with Crippen LogP contribution in [-0.4, -0.2) is 52.2 Å². The Hall–Kier alpha value is -3.09. The number of ketones is 1. The van der Waals surface area contributed by atoms with Crippen LogP contribution in [0.2, 0.25) is 0 Å². The molecule has 0 spiro atoms. The molecule has 2 aromatic carbocycles. The number of amides is 1. The van der Waals surface area contributed by atoms with Gasteiger partial charge in [-0.05, 0) is 36.4 Å². The van der Waals surface area contributed by atoms with Crippen LogP contribution in [-0.2, 0) is 9.53 Å². The van der Waals surface area contributed by atoms with Crippen molar-refractivity contribution in [1.82, 2.24) is 4.90 Å². The summed E-state index contributed by atoms with van der Waals surface area (Å²) in [6.07, 6.45) is -0.178. The predicted molar refractivity (Wildman–Crippen MR) is 88.7 cm³/mol. The summed E-state index contributed by atoms with van der Waals surface area (Å²) in [6.45, 7) is -0.162. The molecule has 1 aliphatic heterocycles. The van der Waals surface area contributed by atoms with Gasteiger partial charge in [0.15, 0.2) is 12.4 Å². The van der Waals surface area contributed by atoms with Crippen molar-refractivity contribution in [1.29, 1.82) is 0 Å². The molecule has 0 radical (unpaired) electrons. The topological polar surface area (TPSA) is 104 Å². The van der Waals surface area contributed by atoms with E-state index in [4.69, 9.17) is 9.84 Å². The van der Waals surface area contributed by atoms with Crippen LogP contribution < -0.4 is 0 Å². The number of rotatable bonds is 4. The lowest BCUT2D eigenvalue weighted by Gasteiger charge is -2.19. The van der Waals surface area contributed by atoms with E-state index in [0.717, 1.165) is 4.90 Å². The van der Waals surface area contributed by atoms with Crippen molar-refractivity contribution in [3.05, 3.63) is 42.0 Å². The Balaban J connectivity index is 1.66. The van der Waals surface area contributed by atoms with E-state index in [1.54, 1.807) is 36.4 Å². The van der Waals surface area contributed by atoms with Gasteiger partial charge in [-0.15, -0.1) is 0 Å². The summed E-state index contributed by atoms with van der Waals surface area (Å²) in [4.78, 5) is 36.4. The molecule has 1 aliphatic rings. The second-order valence-corrected chi connectivity index (χ2v) is 5.88. The molecule has 7 nitrogen and oxygen atoms in total. The number of Topliss-reactive ketones (excluding diaryl/α,β-unsaturated/α-hetero) is 1. The van der Waals surface area contributed by atoms with Gasteiger partial charge in [-0.2, -0.15) is 0 Å². The number of phenolic OH excluding ortho intramolecular Hbond substituents is 1. The molecule has 3 rings (SSSR count). The van der Waals surface area contributed by atoms with Gasteiger partial charge in [0, 0.05) is 17.5 Å². The van der Waals surface area contributed by atoms with E-state index in [9.17, 15) is 19.5 Å². The molecule has 25 heavy (non-hydrogen) atoms. The number of fused-ring (bicyclic) bond motifs is 1. The molecule has 2 aromatic rings. The Bertz CT molecular complexity index is 847. The zero-order valence-corrected chi connectivity index (χ0v) is 13.3. The molecule has 1 atom stereocenters. The quantitative estimate of drug-likeness (QED) is 0.652. The molecule has 1 amide bonds. The number of nitrogens with zero attached hydrogens (tertiary/aromatic N) is 1. The first-order valence-corrected chi connectivity index (χ1v) is 7.88. The number of carbonyl (C=O) groups is 3. The Labute approximate surface area is 143 Å². The van der Waals surface area contributed by atoms with Gasteiger partial charge in [-0.1, -0.05) is 18.2 Å². The summed E-state index contributed by atoms with van der Waals surface area (Å²) in [6, 6.07) is 8.94. The van der Waals surface area contributed by atoms with Crippen LogP contribution in [0.15, 0.2) is 36.4 Å². The third-order valence-corrected chi connectivity index (χ3v) is 4.30. The minimum Gasteiger partial charge on any atom is -0.507 e. The number of benzene rings is 2. The van der Waals surface area contributed by atoms with Crippen LogP contribution >= 0.6 is 0 Å². The molecular formula is C18H17NO6. The van der Waals surface area contributed by atoms with Crippen molar-refractivity contribution in [2.45, 2.75) is 18.9 Å². The number of phenols is 1. The van der Waals surface area contributed by atoms with E-state index in [1.807, 2.05) is 0 Å². The maximum absolute atomic E-state index is 12.2. The molecule has 0 aromatic heterocycles. The number of ether oxygens (including phenoxy) is 1. The molecule has 0 saturated carbocycles. The zero-order chi connectivity index (χ0) is 18.0. The highest BCUT2D eigenvalue weighted by Gasteiger charge is 2.35. The molecule has 1 fully saturated rings. The summed E-state index contributed by atoms with van der Waals surface area (Å²) in [5.74, 6) is -0.969.